The van der Waals surface area contributed by atoms with Gasteiger partial charge in [0.25, 0.3) is 0 Å². The lowest BCUT2D eigenvalue weighted by atomic mass is 10.2. The molecule has 0 radical (unpaired) electrons. The molecule has 0 spiro atoms. The van der Waals surface area contributed by atoms with E-state index in [-0.39, 0.29) is 0 Å². The molecule has 0 bridgehead atoms. The average molecular weight is 192 g/mol. The van der Waals surface area contributed by atoms with Crippen LogP contribution in [0.2, 0.25) is 0 Å². The van der Waals surface area contributed by atoms with Crippen LogP contribution in [0.25, 0.3) is 11.0 Å². The second-order valence-corrected chi connectivity index (χ2v) is 3.44. The van der Waals surface area contributed by atoms with Crippen molar-refractivity contribution >= 4 is 29.1 Å². The van der Waals surface area contributed by atoms with Crippen LogP contribution in [0.4, 0.5) is 0 Å². The predicted octanol–water partition coefficient (Wildman–Crippen LogP) is 2.10. The zero-order valence-corrected chi connectivity index (χ0v) is 7.89. The van der Waals surface area contributed by atoms with Crippen molar-refractivity contribution in [2.24, 2.45) is 0 Å². The van der Waals surface area contributed by atoms with E-state index in [1.807, 2.05) is 12.3 Å². The molecule has 2 rings (SSSR count). The Kier molecular flexibility index (Phi) is 2.06. The fraction of sp³-hybridized carbons (Fsp3) is 0.111. The Morgan fingerprint density at radius 2 is 2.38 bits per heavy atom. The summed E-state index contributed by atoms with van der Waals surface area (Å²) >= 11 is 1.55. The molecule has 1 heterocycles. The fourth-order valence-corrected chi connectivity index (χ4v) is 1.58. The highest BCUT2D eigenvalue weighted by molar-refractivity contribution is 7.98. The molecule has 0 aliphatic carbocycles. The lowest BCUT2D eigenvalue weighted by Crippen LogP contribution is -1.77. The summed E-state index contributed by atoms with van der Waals surface area (Å²) in [7, 11) is 0. The molecule has 1 aromatic heterocycles. The van der Waals surface area contributed by atoms with Crippen LogP contribution in [0.15, 0.2) is 23.4 Å². The first-order valence-corrected chi connectivity index (χ1v) is 5.05. The SMILES string of the molecule is CSc1nc2ccc(C=O)cc2[nH]1. The van der Waals surface area contributed by atoms with Crippen molar-refractivity contribution < 1.29 is 4.79 Å². The van der Waals surface area contributed by atoms with Crippen molar-refractivity contribution in [1.82, 2.24) is 9.97 Å². The molecule has 0 saturated heterocycles. The van der Waals surface area contributed by atoms with E-state index in [1.54, 1.807) is 23.9 Å². The number of nitrogens with one attached hydrogen (secondary N) is 1. The van der Waals surface area contributed by atoms with Gasteiger partial charge in [-0.2, -0.15) is 0 Å². The van der Waals surface area contributed by atoms with Gasteiger partial charge in [-0.05, 0) is 24.5 Å². The smallest absolute Gasteiger partial charge is 0.166 e. The molecule has 0 atom stereocenters. The van der Waals surface area contributed by atoms with E-state index in [9.17, 15) is 4.79 Å². The third-order valence-corrected chi connectivity index (χ3v) is 2.39. The van der Waals surface area contributed by atoms with Gasteiger partial charge in [-0.3, -0.25) is 4.79 Å². The van der Waals surface area contributed by atoms with Gasteiger partial charge in [-0.15, -0.1) is 0 Å². The number of aldehydes is 1. The lowest BCUT2D eigenvalue weighted by molar-refractivity contribution is 0.112. The fourth-order valence-electron chi connectivity index (χ4n) is 1.17. The number of H-pyrrole nitrogens is 1. The van der Waals surface area contributed by atoms with Gasteiger partial charge in [0.15, 0.2) is 5.16 Å². The molecule has 0 aliphatic heterocycles. The molecule has 0 aliphatic rings. The zero-order valence-electron chi connectivity index (χ0n) is 7.07. The minimum absolute atomic E-state index is 0.670. The number of hydrogen-bond donors (Lipinski definition) is 1. The molecule has 2 aromatic rings. The van der Waals surface area contributed by atoms with Gasteiger partial charge in [-0.1, -0.05) is 11.8 Å². The predicted molar refractivity (Wildman–Crippen MR) is 53.3 cm³/mol. The van der Waals surface area contributed by atoms with Crippen LogP contribution >= 0.6 is 11.8 Å². The number of fused-ring (bicyclic) bond motifs is 1. The first-order valence-electron chi connectivity index (χ1n) is 3.82. The maximum Gasteiger partial charge on any atom is 0.166 e. The van der Waals surface area contributed by atoms with Crippen LogP contribution in [0.5, 0.6) is 0 Å². The van der Waals surface area contributed by atoms with Gasteiger partial charge in [-0.25, -0.2) is 4.98 Å². The molecule has 13 heavy (non-hydrogen) atoms. The molecule has 1 aromatic carbocycles. The number of imidazole rings is 1. The minimum Gasteiger partial charge on any atom is -0.333 e. The van der Waals surface area contributed by atoms with Gasteiger partial charge in [0.05, 0.1) is 11.0 Å². The molecule has 0 unspecified atom stereocenters. The zero-order chi connectivity index (χ0) is 9.26. The van der Waals surface area contributed by atoms with E-state index in [1.165, 1.54) is 0 Å². The average Bonchev–Trinajstić information content (AvgIpc) is 2.58. The molecule has 0 amide bonds. The van der Waals surface area contributed by atoms with E-state index in [0.717, 1.165) is 22.5 Å². The van der Waals surface area contributed by atoms with Crippen LogP contribution in [-0.2, 0) is 0 Å². The standard InChI is InChI=1S/C9H8N2OS/c1-13-9-10-7-3-2-6(5-12)4-8(7)11-9/h2-5H,1H3,(H,10,11). The Hall–Kier alpha value is -1.29. The van der Waals surface area contributed by atoms with Crippen molar-refractivity contribution in [2.45, 2.75) is 5.16 Å². The summed E-state index contributed by atoms with van der Waals surface area (Å²) in [5, 5.41) is 0.873. The van der Waals surface area contributed by atoms with Crippen LogP contribution in [0.3, 0.4) is 0 Å². The number of carbonyl (C=O) groups excluding carboxylic acids is 1. The highest BCUT2D eigenvalue weighted by Gasteiger charge is 2.01. The third kappa shape index (κ3) is 1.45. The molecule has 66 valence electrons. The molecular weight excluding hydrogens is 184 g/mol. The number of rotatable bonds is 2. The molecule has 1 N–H and O–H groups in total. The first-order chi connectivity index (χ1) is 6.33. The Morgan fingerprint density at radius 3 is 3.08 bits per heavy atom. The quantitative estimate of drug-likeness (QED) is 0.585. The van der Waals surface area contributed by atoms with Crippen molar-refractivity contribution in [3.63, 3.8) is 0 Å². The van der Waals surface area contributed by atoms with Crippen LogP contribution in [0.1, 0.15) is 10.4 Å². The summed E-state index contributed by atoms with van der Waals surface area (Å²) < 4.78 is 0. The van der Waals surface area contributed by atoms with Crippen molar-refractivity contribution in [3.05, 3.63) is 23.8 Å². The van der Waals surface area contributed by atoms with Crippen LogP contribution in [-0.4, -0.2) is 22.5 Å². The number of benzene rings is 1. The highest BCUT2D eigenvalue weighted by Crippen LogP contribution is 2.17. The van der Waals surface area contributed by atoms with Crippen molar-refractivity contribution in [2.75, 3.05) is 6.26 Å². The number of aromatic nitrogens is 2. The van der Waals surface area contributed by atoms with Gasteiger partial charge in [0.1, 0.15) is 6.29 Å². The maximum absolute atomic E-state index is 10.5. The number of nitrogens with zero attached hydrogens (tertiary/aromatic N) is 1. The summed E-state index contributed by atoms with van der Waals surface area (Å²) in [6, 6.07) is 5.41. The van der Waals surface area contributed by atoms with Gasteiger partial charge in [0, 0.05) is 5.56 Å². The first kappa shape index (κ1) is 8.31. The topological polar surface area (TPSA) is 45.8 Å². The minimum atomic E-state index is 0.670. The van der Waals surface area contributed by atoms with E-state index in [0.29, 0.717) is 5.56 Å². The van der Waals surface area contributed by atoms with Crippen molar-refractivity contribution in [1.29, 1.82) is 0 Å². The normalized spacial score (nSPS) is 10.5. The molecule has 0 saturated carbocycles. The van der Waals surface area contributed by atoms with Gasteiger partial charge >= 0.3 is 0 Å². The summed E-state index contributed by atoms with van der Waals surface area (Å²) in [5.41, 5.74) is 2.48. The van der Waals surface area contributed by atoms with Gasteiger partial charge in [0.2, 0.25) is 0 Å². The lowest BCUT2D eigenvalue weighted by Gasteiger charge is -1.88. The van der Waals surface area contributed by atoms with Gasteiger partial charge < -0.3 is 4.98 Å². The van der Waals surface area contributed by atoms with E-state index in [4.69, 9.17) is 0 Å². The Morgan fingerprint density at radius 1 is 1.54 bits per heavy atom. The highest BCUT2D eigenvalue weighted by atomic mass is 32.2. The largest absolute Gasteiger partial charge is 0.333 e. The summed E-state index contributed by atoms with van der Waals surface area (Å²) in [6.07, 6.45) is 2.79. The second kappa shape index (κ2) is 3.22. The van der Waals surface area contributed by atoms with Crippen LogP contribution < -0.4 is 0 Å². The second-order valence-electron chi connectivity index (χ2n) is 2.64. The Labute approximate surface area is 79.6 Å². The van der Waals surface area contributed by atoms with Crippen LogP contribution in [0, 0.1) is 0 Å². The summed E-state index contributed by atoms with van der Waals surface area (Å²) in [4.78, 5) is 17.9. The summed E-state index contributed by atoms with van der Waals surface area (Å²) in [5.74, 6) is 0. The Bertz CT molecular complexity index is 450. The monoisotopic (exact) mass is 192 g/mol. The molecule has 0 fully saturated rings. The number of carbonyl (C=O) groups is 1. The summed E-state index contributed by atoms with van der Waals surface area (Å²) in [6.45, 7) is 0. The number of aromatic amines is 1. The number of hydrogen-bond acceptors (Lipinski definition) is 3. The van der Waals surface area contributed by atoms with E-state index in [2.05, 4.69) is 9.97 Å². The van der Waals surface area contributed by atoms with E-state index >= 15 is 0 Å². The molecule has 3 nitrogen and oxygen atoms in total. The molecule has 4 heteroatoms. The maximum atomic E-state index is 10.5. The third-order valence-electron chi connectivity index (χ3n) is 1.81. The Balaban J connectivity index is 2.63. The number of thioether (sulfide) groups is 1. The van der Waals surface area contributed by atoms with E-state index < -0.39 is 0 Å². The van der Waals surface area contributed by atoms with Crippen molar-refractivity contribution in [3.8, 4) is 0 Å². The molecular formula is C9H8N2OS.